The summed E-state index contributed by atoms with van der Waals surface area (Å²) in [4.78, 5) is 8.42. The largest absolute Gasteiger partial charge is 0.493 e. The molecule has 3 aromatic carbocycles. The van der Waals surface area contributed by atoms with Gasteiger partial charge >= 0.3 is 6.11 Å². The maximum absolute atomic E-state index is 14.9. The van der Waals surface area contributed by atoms with E-state index in [1.807, 2.05) is 0 Å². The number of aromatic nitrogens is 2. The summed E-state index contributed by atoms with van der Waals surface area (Å²) in [5.74, 6) is -1.35. The number of nitrogen functional groups attached to an aromatic ring is 1. The SMILES string of the molecule is COc1ccc(-c2nc(N)nc3ccc(Cl)cc23)cc1OC(F)(F)c1ccc(C)cc1F. The molecular formula is C23H17ClF3N3O2. The monoisotopic (exact) mass is 459 g/mol. The molecule has 0 saturated carbocycles. The standard InChI is InChI=1S/C23H17ClF3N3O2/c1-12-3-6-16(17(25)9-12)23(26,27)32-20-10-13(4-8-19(20)31-2)21-15-11-14(24)5-7-18(15)29-22(28)30-21/h3-11H,1-2H3,(H2,28,29,30). The van der Waals surface area contributed by atoms with Gasteiger partial charge < -0.3 is 15.2 Å². The number of aryl methyl sites for hydroxylation is 1. The summed E-state index contributed by atoms with van der Waals surface area (Å²) in [5, 5.41) is 1.01. The van der Waals surface area contributed by atoms with Crippen LogP contribution in [0.1, 0.15) is 11.1 Å². The van der Waals surface area contributed by atoms with E-state index in [1.54, 1.807) is 31.2 Å². The van der Waals surface area contributed by atoms with Crippen molar-refractivity contribution in [2.45, 2.75) is 13.0 Å². The summed E-state index contributed by atoms with van der Waals surface area (Å²) >= 11 is 6.11. The van der Waals surface area contributed by atoms with Crippen LogP contribution in [0.25, 0.3) is 22.2 Å². The van der Waals surface area contributed by atoms with Crippen molar-refractivity contribution in [1.82, 2.24) is 9.97 Å². The Morgan fingerprint density at radius 2 is 1.75 bits per heavy atom. The molecule has 0 amide bonds. The van der Waals surface area contributed by atoms with Crippen molar-refractivity contribution in [1.29, 1.82) is 0 Å². The maximum atomic E-state index is 14.9. The van der Waals surface area contributed by atoms with Crippen LogP contribution in [-0.4, -0.2) is 17.1 Å². The number of nitrogens with two attached hydrogens (primary N) is 1. The van der Waals surface area contributed by atoms with Gasteiger partial charge in [-0.1, -0.05) is 17.7 Å². The van der Waals surface area contributed by atoms with Crippen molar-refractivity contribution in [2.75, 3.05) is 12.8 Å². The lowest BCUT2D eigenvalue weighted by Gasteiger charge is -2.21. The number of anilines is 1. The Morgan fingerprint density at radius 3 is 2.47 bits per heavy atom. The van der Waals surface area contributed by atoms with Gasteiger partial charge in [-0.3, -0.25) is 0 Å². The number of hydrogen-bond donors (Lipinski definition) is 1. The predicted octanol–water partition coefficient (Wildman–Crippen LogP) is 6.12. The molecule has 0 atom stereocenters. The summed E-state index contributed by atoms with van der Waals surface area (Å²) in [6, 6.07) is 12.7. The zero-order chi connectivity index (χ0) is 23.0. The highest BCUT2D eigenvalue weighted by atomic mass is 35.5. The molecular weight excluding hydrogens is 443 g/mol. The van der Waals surface area contributed by atoms with Crippen molar-refractivity contribution in [3.8, 4) is 22.8 Å². The molecule has 0 aliphatic rings. The van der Waals surface area contributed by atoms with Crippen molar-refractivity contribution in [3.05, 3.63) is 76.6 Å². The zero-order valence-corrected chi connectivity index (χ0v) is 17.8. The second-order valence-electron chi connectivity index (χ2n) is 7.06. The average molecular weight is 460 g/mol. The Labute approximate surface area is 186 Å². The van der Waals surface area contributed by atoms with Gasteiger partial charge in [-0.2, -0.15) is 8.78 Å². The minimum Gasteiger partial charge on any atom is -0.493 e. The van der Waals surface area contributed by atoms with E-state index in [4.69, 9.17) is 26.8 Å². The molecule has 0 saturated heterocycles. The number of halogens is 4. The number of rotatable bonds is 5. The van der Waals surface area contributed by atoms with Gasteiger partial charge in [0.2, 0.25) is 5.95 Å². The van der Waals surface area contributed by atoms with E-state index < -0.39 is 17.5 Å². The fraction of sp³-hybridized carbons (Fsp3) is 0.130. The van der Waals surface area contributed by atoms with Crippen LogP contribution in [0.15, 0.2) is 54.6 Å². The van der Waals surface area contributed by atoms with Crippen LogP contribution in [0, 0.1) is 12.7 Å². The first-order valence-electron chi connectivity index (χ1n) is 9.42. The molecule has 164 valence electrons. The molecule has 5 nitrogen and oxygen atoms in total. The lowest BCUT2D eigenvalue weighted by Crippen LogP contribution is -2.23. The lowest BCUT2D eigenvalue weighted by atomic mass is 10.1. The topological polar surface area (TPSA) is 70.3 Å². The van der Waals surface area contributed by atoms with Gasteiger partial charge in [-0.15, -0.1) is 0 Å². The number of fused-ring (bicyclic) bond motifs is 1. The average Bonchev–Trinajstić information content (AvgIpc) is 2.73. The van der Waals surface area contributed by atoms with Crippen molar-refractivity contribution >= 4 is 28.5 Å². The first-order valence-corrected chi connectivity index (χ1v) is 9.80. The molecule has 0 unspecified atom stereocenters. The smallest absolute Gasteiger partial charge is 0.429 e. The van der Waals surface area contributed by atoms with E-state index in [2.05, 4.69) is 9.97 Å². The van der Waals surface area contributed by atoms with E-state index in [1.165, 1.54) is 25.3 Å². The highest BCUT2D eigenvalue weighted by Crippen LogP contribution is 2.40. The van der Waals surface area contributed by atoms with Gasteiger partial charge in [0.15, 0.2) is 11.5 Å². The van der Waals surface area contributed by atoms with Crippen LogP contribution < -0.4 is 15.2 Å². The van der Waals surface area contributed by atoms with Gasteiger partial charge in [0.05, 0.1) is 23.9 Å². The summed E-state index contributed by atoms with van der Waals surface area (Å²) in [7, 11) is 1.31. The third kappa shape index (κ3) is 4.13. The minimum absolute atomic E-state index is 0.000153. The van der Waals surface area contributed by atoms with Gasteiger partial charge in [0.25, 0.3) is 0 Å². The molecule has 1 aromatic heterocycles. The molecule has 0 radical (unpaired) electrons. The molecule has 1 heterocycles. The number of benzene rings is 3. The highest BCUT2D eigenvalue weighted by molar-refractivity contribution is 6.31. The summed E-state index contributed by atoms with van der Waals surface area (Å²) in [6.07, 6.45) is -3.96. The van der Waals surface area contributed by atoms with Crippen LogP contribution in [-0.2, 0) is 6.11 Å². The second-order valence-corrected chi connectivity index (χ2v) is 7.50. The Balaban J connectivity index is 1.82. The molecule has 2 N–H and O–H groups in total. The summed E-state index contributed by atoms with van der Waals surface area (Å²) < 4.78 is 54.1. The van der Waals surface area contributed by atoms with Crippen LogP contribution in [0.3, 0.4) is 0 Å². The Bertz CT molecular complexity index is 1330. The molecule has 0 spiro atoms. The summed E-state index contributed by atoms with van der Waals surface area (Å²) in [6.45, 7) is 1.60. The fourth-order valence-electron chi connectivity index (χ4n) is 3.29. The molecule has 4 aromatic rings. The third-order valence-corrected chi connectivity index (χ3v) is 5.02. The lowest BCUT2D eigenvalue weighted by molar-refractivity contribution is -0.188. The van der Waals surface area contributed by atoms with E-state index in [0.717, 1.165) is 12.1 Å². The van der Waals surface area contributed by atoms with E-state index in [-0.39, 0.29) is 17.4 Å². The van der Waals surface area contributed by atoms with Crippen LogP contribution >= 0.6 is 11.6 Å². The molecule has 0 bridgehead atoms. The van der Waals surface area contributed by atoms with Crippen LogP contribution in [0.5, 0.6) is 11.5 Å². The van der Waals surface area contributed by atoms with Crippen molar-refractivity contribution in [2.24, 2.45) is 0 Å². The quantitative estimate of drug-likeness (QED) is 0.389. The maximum Gasteiger partial charge on any atom is 0.429 e. The number of alkyl halides is 2. The number of hydrogen-bond acceptors (Lipinski definition) is 5. The third-order valence-electron chi connectivity index (χ3n) is 4.79. The van der Waals surface area contributed by atoms with Crippen LogP contribution in [0.4, 0.5) is 19.1 Å². The Hall–Kier alpha value is -3.52. The first kappa shape index (κ1) is 21.7. The molecule has 9 heteroatoms. The molecule has 0 fully saturated rings. The van der Waals surface area contributed by atoms with E-state index in [0.29, 0.717) is 32.7 Å². The predicted molar refractivity (Wildman–Crippen MR) is 117 cm³/mol. The van der Waals surface area contributed by atoms with Gasteiger partial charge in [0.1, 0.15) is 5.82 Å². The number of methoxy groups -OCH3 is 1. The molecule has 32 heavy (non-hydrogen) atoms. The van der Waals surface area contributed by atoms with Crippen molar-refractivity contribution in [3.63, 3.8) is 0 Å². The van der Waals surface area contributed by atoms with Crippen LogP contribution in [0.2, 0.25) is 5.02 Å². The van der Waals surface area contributed by atoms with Crippen molar-refractivity contribution < 1.29 is 22.6 Å². The first-order chi connectivity index (χ1) is 15.2. The molecule has 0 aliphatic heterocycles. The van der Waals surface area contributed by atoms with Gasteiger partial charge in [0, 0.05) is 16.0 Å². The second kappa shape index (κ2) is 8.20. The summed E-state index contributed by atoms with van der Waals surface area (Å²) in [5.41, 5.74) is 6.75. The normalized spacial score (nSPS) is 11.6. The zero-order valence-electron chi connectivity index (χ0n) is 17.0. The number of nitrogens with zero attached hydrogens (tertiary/aromatic N) is 2. The van der Waals surface area contributed by atoms with E-state index in [9.17, 15) is 13.2 Å². The Morgan fingerprint density at radius 1 is 0.969 bits per heavy atom. The molecule has 4 rings (SSSR count). The highest BCUT2D eigenvalue weighted by Gasteiger charge is 2.38. The van der Waals surface area contributed by atoms with E-state index >= 15 is 0 Å². The number of ether oxygens (including phenoxy) is 2. The fourth-order valence-corrected chi connectivity index (χ4v) is 3.46. The van der Waals surface area contributed by atoms with Gasteiger partial charge in [-0.05, 0) is 61.0 Å². The molecule has 0 aliphatic carbocycles. The van der Waals surface area contributed by atoms with Gasteiger partial charge in [-0.25, -0.2) is 14.4 Å². The Kier molecular flexibility index (Phi) is 5.56. The minimum atomic E-state index is -3.96.